The van der Waals surface area contributed by atoms with Gasteiger partial charge in [-0.05, 0) is 30.0 Å². The molecule has 14 heavy (non-hydrogen) atoms. The van der Waals surface area contributed by atoms with E-state index in [0.717, 1.165) is 0 Å². The lowest BCUT2D eigenvalue weighted by atomic mass is 9.98. The number of benzene rings is 1. The number of hydrogen-bond donors (Lipinski definition) is 0. The van der Waals surface area contributed by atoms with Crippen LogP contribution in [0.25, 0.3) is 0 Å². The van der Waals surface area contributed by atoms with E-state index in [1.165, 1.54) is 11.1 Å². The Morgan fingerprint density at radius 3 is 2.29 bits per heavy atom. The number of halogens is 3. The van der Waals surface area contributed by atoms with Crippen LogP contribution in [0.5, 0.6) is 0 Å². The molecule has 1 unspecified atom stereocenters. The summed E-state index contributed by atoms with van der Waals surface area (Å²) in [6.07, 6.45) is 0. The van der Waals surface area contributed by atoms with Gasteiger partial charge in [0.25, 0.3) is 0 Å². The fourth-order valence-electron chi connectivity index (χ4n) is 1.60. The maximum Gasteiger partial charge on any atom is 0.342 e. The first-order valence-corrected chi connectivity index (χ1v) is 9.76. The summed E-state index contributed by atoms with van der Waals surface area (Å²) in [5, 5.41) is 0. The molecule has 1 atom stereocenters. The molecule has 0 heterocycles. The molecule has 0 aliphatic heterocycles. The molecule has 0 N–H and O–H groups in total. The third-order valence-electron chi connectivity index (χ3n) is 2.26. The number of hydrogen-bond acceptors (Lipinski definition) is 0. The summed E-state index contributed by atoms with van der Waals surface area (Å²) in [4.78, 5) is 0. The van der Waals surface area contributed by atoms with E-state index in [2.05, 4.69) is 26.0 Å². The van der Waals surface area contributed by atoms with E-state index in [-0.39, 0.29) is 0 Å². The average molecular weight is 268 g/mol. The van der Waals surface area contributed by atoms with Gasteiger partial charge in [0.15, 0.2) is 0 Å². The van der Waals surface area contributed by atoms with Crippen molar-refractivity contribution in [3.63, 3.8) is 0 Å². The smallest absolute Gasteiger partial charge is 0.126 e. The molecule has 0 saturated carbocycles. The lowest BCUT2D eigenvalue weighted by Gasteiger charge is -2.17. The van der Waals surface area contributed by atoms with Gasteiger partial charge in [0.2, 0.25) is 0 Å². The molecule has 0 bridgehead atoms. The van der Waals surface area contributed by atoms with E-state index >= 15 is 0 Å². The SMILES string of the molecule is Cc1ccccc1C(C)C[Si](Cl)(Cl)Cl. The Kier molecular flexibility index (Phi) is 4.32. The summed E-state index contributed by atoms with van der Waals surface area (Å²) in [5.41, 5.74) is 2.55. The van der Waals surface area contributed by atoms with Gasteiger partial charge in [-0.15, -0.1) is 33.2 Å². The highest BCUT2D eigenvalue weighted by Crippen LogP contribution is 2.34. The van der Waals surface area contributed by atoms with Crippen LogP contribution in [-0.4, -0.2) is 6.00 Å². The second-order valence-corrected chi connectivity index (χ2v) is 12.8. The van der Waals surface area contributed by atoms with Gasteiger partial charge in [0.05, 0.1) is 0 Å². The molecule has 0 spiro atoms. The Balaban J connectivity index is 2.80. The maximum absolute atomic E-state index is 5.90. The zero-order valence-corrected chi connectivity index (χ0v) is 11.5. The zero-order valence-electron chi connectivity index (χ0n) is 8.23. The van der Waals surface area contributed by atoms with Crippen molar-refractivity contribution in [1.82, 2.24) is 0 Å². The fourth-order valence-corrected chi connectivity index (χ4v) is 4.59. The van der Waals surface area contributed by atoms with Crippen LogP contribution < -0.4 is 0 Å². The molecule has 0 radical (unpaired) electrons. The van der Waals surface area contributed by atoms with Crippen LogP contribution in [0.15, 0.2) is 24.3 Å². The molecule has 0 aromatic heterocycles. The summed E-state index contributed by atoms with van der Waals surface area (Å²) in [5.74, 6) is 0.329. The van der Waals surface area contributed by atoms with Crippen LogP contribution in [-0.2, 0) is 0 Å². The van der Waals surface area contributed by atoms with Crippen LogP contribution in [0.4, 0.5) is 0 Å². The Hall–Kier alpha value is 0.307. The van der Waals surface area contributed by atoms with Crippen LogP contribution in [0.1, 0.15) is 24.0 Å². The normalized spacial score (nSPS) is 14.1. The van der Waals surface area contributed by atoms with Gasteiger partial charge in [0, 0.05) is 0 Å². The molecule has 1 rings (SSSR count). The Bertz CT molecular complexity index is 306. The van der Waals surface area contributed by atoms with Crippen LogP contribution in [0, 0.1) is 6.92 Å². The zero-order chi connectivity index (χ0) is 10.8. The second kappa shape index (κ2) is 4.89. The minimum absolute atomic E-state index is 0.329. The predicted octanol–water partition coefficient (Wildman–Crippen LogP) is 4.75. The van der Waals surface area contributed by atoms with Gasteiger partial charge in [-0.25, -0.2) is 0 Å². The van der Waals surface area contributed by atoms with Crippen molar-refractivity contribution in [2.24, 2.45) is 0 Å². The molecular weight excluding hydrogens is 255 g/mol. The molecular formula is C10H13Cl3Si. The molecule has 0 amide bonds. The standard InChI is InChI=1S/C10H13Cl3Si/c1-8-5-3-4-6-10(8)9(2)7-14(11,12)13/h3-6,9H,7H2,1-2H3. The Morgan fingerprint density at radius 1 is 1.21 bits per heavy atom. The largest absolute Gasteiger partial charge is 0.342 e. The van der Waals surface area contributed by atoms with E-state index in [1.54, 1.807) is 0 Å². The van der Waals surface area contributed by atoms with E-state index < -0.39 is 6.00 Å². The average Bonchev–Trinajstić information content (AvgIpc) is 2.01. The molecule has 0 nitrogen and oxygen atoms in total. The molecule has 4 heteroatoms. The Labute approximate surface area is 100 Å². The monoisotopic (exact) mass is 266 g/mol. The highest BCUT2D eigenvalue weighted by atomic mass is 35.8. The van der Waals surface area contributed by atoms with E-state index in [4.69, 9.17) is 33.2 Å². The predicted molar refractivity (Wildman–Crippen MR) is 67.7 cm³/mol. The van der Waals surface area contributed by atoms with Crippen molar-refractivity contribution in [3.05, 3.63) is 35.4 Å². The lowest BCUT2D eigenvalue weighted by Crippen LogP contribution is -2.13. The van der Waals surface area contributed by atoms with Gasteiger partial charge >= 0.3 is 6.00 Å². The van der Waals surface area contributed by atoms with Crippen molar-refractivity contribution in [2.45, 2.75) is 25.8 Å². The molecule has 1 aromatic rings. The summed E-state index contributed by atoms with van der Waals surface area (Å²) >= 11 is 17.7. The third-order valence-corrected chi connectivity index (χ3v) is 4.72. The van der Waals surface area contributed by atoms with Gasteiger partial charge in [0.1, 0.15) is 0 Å². The van der Waals surface area contributed by atoms with Crippen molar-refractivity contribution >= 4 is 39.2 Å². The van der Waals surface area contributed by atoms with Gasteiger partial charge in [-0.2, -0.15) is 0 Å². The highest BCUT2D eigenvalue weighted by molar-refractivity contribution is 7.64. The first-order valence-electron chi connectivity index (χ1n) is 4.52. The molecule has 78 valence electrons. The summed E-state index contributed by atoms with van der Waals surface area (Å²) < 4.78 is 0. The third kappa shape index (κ3) is 3.82. The van der Waals surface area contributed by atoms with Crippen molar-refractivity contribution in [1.29, 1.82) is 0 Å². The van der Waals surface area contributed by atoms with E-state index in [0.29, 0.717) is 12.0 Å². The number of aryl methyl sites for hydroxylation is 1. The molecule has 0 aliphatic carbocycles. The van der Waals surface area contributed by atoms with E-state index in [1.807, 2.05) is 12.1 Å². The van der Waals surface area contributed by atoms with Crippen LogP contribution in [0.3, 0.4) is 0 Å². The van der Waals surface area contributed by atoms with E-state index in [9.17, 15) is 0 Å². The minimum Gasteiger partial charge on any atom is -0.126 e. The molecule has 0 saturated heterocycles. The number of rotatable bonds is 3. The van der Waals surface area contributed by atoms with Crippen LogP contribution >= 0.6 is 33.2 Å². The quantitative estimate of drug-likeness (QED) is 0.547. The second-order valence-electron chi connectivity index (χ2n) is 3.58. The first-order chi connectivity index (χ1) is 6.40. The van der Waals surface area contributed by atoms with Gasteiger partial charge in [-0.1, -0.05) is 31.2 Å². The highest BCUT2D eigenvalue weighted by Gasteiger charge is 2.28. The molecule has 0 fully saturated rings. The first kappa shape index (κ1) is 12.4. The van der Waals surface area contributed by atoms with Crippen molar-refractivity contribution in [3.8, 4) is 0 Å². The summed E-state index contributed by atoms with van der Waals surface area (Å²) in [6, 6.07) is 6.42. The lowest BCUT2D eigenvalue weighted by molar-refractivity contribution is 0.849. The minimum atomic E-state index is -2.51. The summed E-state index contributed by atoms with van der Waals surface area (Å²) in [7, 11) is 0. The van der Waals surface area contributed by atoms with Gasteiger partial charge in [-0.3, -0.25) is 0 Å². The van der Waals surface area contributed by atoms with Gasteiger partial charge < -0.3 is 0 Å². The maximum atomic E-state index is 5.90. The van der Waals surface area contributed by atoms with Crippen molar-refractivity contribution in [2.75, 3.05) is 0 Å². The molecule has 1 aromatic carbocycles. The molecule has 0 aliphatic rings. The van der Waals surface area contributed by atoms with Crippen LogP contribution in [0.2, 0.25) is 6.04 Å². The summed E-state index contributed by atoms with van der Waals surface area (Å²) in [6.45, 7) is 4.20. The fraction of sp³-hybridized carbons (Fsp3) is 0.400. The Morgan fingerprint density at radius 2 is 1.79 bits per heavy atom. The topological polar surface area (TPSA) is 0 Å². The van der Waals surface area contributed by atoms with Crippen molar-refractivity contribution < 1.29 is 0 Å².